The van der Waals surface area contributed by atoms with E-state index >= 15 is 0 Å². The number of aliphatic hydroxyl groups is 1. The quantitative estimate of drug-likeness (QED) is 0.470. The third-order valence-electron chi connectivity index (χ3n) is 5.97. The fourth-order valence-corrected chi connectivity index (χ4v) is 4.08. The van der Waals surface area contributed by atoms with E-state index in [1.54, 1.807) is 10.9 Å². The van der Waals surface area contributed by atoms with Gasteiger partial charge in [0.15, 0.2) is 6.23 Å². The maximum atomic E-state index is 14.8. The highest BCUT2D eigenvalue weighted by Gasteiger charge is 2.31. The minimum absolute atomic E-state index is 0.168. The molecule has 1 N–H and O–H groups in total. The van der Waals surface area contributed by atoms with Crippen LogP contribution in [0.4, 0.5) is 14.5 Å². The molecular weight excluding hydrogens is 422 g/mol. The number of rotatable bonds is 3. The summed E-state index contributed by atoms with van der Waals surface area (Å²) in [6, 6.07) is 14.8. The summed E-state index contributed by atoms with van der Waals surface area (Å²) >= 11 is 0. The second kappa shape index (κ2) is 7.94. The van der Waals surface area contributed by atoms with Crippen LogP contribution in [0, 0.1) is 25.5 Å². The molecule has 0 aliphatic carbocycles. The first-order valence-electron chi connectivity index (χ1n) is 10.5. The minimum atomic E-state index is -1.07. The third kappa shape index (κ3) is 3.70. The molecule has 7 heteroatoms. The van der Waals surface area contributed by atoms with Crippen molar-refractivity contribution in [2.24, 2.45) is 12.1 Å². The highest BCUT2D eigenvalue weighted by molar-refractivity contribution is 6.15. The molecule has 4 aromatic rings. The zero-order valence-electron chi connectivity index (χ0n) is 18.4. The number of aliphatic hydroxyl groups excluding tert-OH is 1. The van der Waals surface area contributed by atoms with Crippen LogP contribution in [-0.2, 0) is 7.05 Å². The van der Waals surface area contributed by atoms with Crippen LogP contribution in [-0.4, -0.2) is 20.6 Å². The molecule has 1 atom stereocenters. The van der Waals surface area contributed by atoms with Gasteiger partial charge in [0.2, 0.25) is 0 Å². The molecule has 1 unspecified atom stereocenters. The Labute approximate surface area is 190 Å². The monoisotopic (exact) mass is 444 g/mol. The Morgan fingerprint density at radius 2 is 1.70 bits per heavy atom. The summed E-state index contributed by atoms with van der Waals surface area (Å²) in [4.78, 5) is 0. The first-order valence-corrected chi connectivity index (χ1v) is 10.5. The molecule has 0 spiro atoms. The summed E-state index contributed by atoms with van der Waals surface area (Å²) in [5.74, 6) is -1.37. The number of hydrogen-bond donors (Lipinski definition) is 1. The van der Waals surface area contributed by atoms with Gasteiger partial charge in [-0.25, -0.2) is 13.8 Å². The predicted molar refractivity (Wildman–Crippen MR) is 124 cm³/mol. The summed E-state index contributed by atoms with van der Waals surface area (Å²) in [5.41, 5.74) is 6.18. The van der Waals surface area contributed by atoms with E-state index in [0.29, 0.717) is 22.5 Å². The van der Waals surface area contributed by atoms with Crippen molar-refractivity contribution in [2.75, 3.05) is 5.01 Å². The minimum Gasteiger partial charge on any atom is -0.368 e. The maximum absolute atomic E-state index is 14.8. The first-order chi connectivity index (χ1) is 15.8. The largest absolute Gasteiger partial charge is 0.368 e. The molecule has 2 heterocycles. The number of nitrogens with zero attached hydrogens (tertiary/aromatic N) is 4. The highest BCUT2D eigenvalue weighted by Crippen LogP contribution is 2.37. The highest BCUT2D eigenvalue weighted by atomic mass is 19.1. The zero-order chi connectivity index (χ0) is 23.3. The van der Waals surface area contributed by atoms with Crippen LogP contribution in [0.25, 0.3) is 11.1 Å². The standard InChI is InChI=1S/C26H22F2N4O/c1-15-9-22-23(10-16(15)2)26(33)32(30-25(22)21-8-7-19(27)12-24(21)28)20-6-4-5-17(11-20)18-13-29-31(3)14-18/h4-14,26,33H,1-3H3. The molecule has 5 nitrogen and oxygen atoms in total. The van der Waals surface area contributed by atoms with Crippen LogP contribution in [0.2, 0.25) is 0 Å². The van der Waals surface area contributed by atoms with E-state index in [1.165, 1.54) is 17.1 Å². The van der Waals surface area contributed by atoms with Crippen molar-refractivity contribution in [3.63, 3.8) is 0 Å². The van der Waals surface area contributed by atoms with Gasteiger partial charge in [-0.2, -0.15) is 10.2 Å². The number of aryl methyl sites for hydroxylation is 3. The zero-order valence-corrected chi connectivity index (χ0v) is 18.4. The first kappa shape index (κ1) is 21.0. The number of anilines is 1. The van der Waals surface area contributed by atoms with Crippen molar-refractivity contribution in [1.82, 2.24) is 9.78 Å². The van der Waals surface area contributed by atoms with Gasteiger partial charge in [0.05, 0.1) is 11.9 Å². The molecule has 33 heavy (non-hydrogen) atoms. The van der Waals surface area contributed by atoms with E-state index in [2.05, 4.69) is 10.2 Å². The lowest BCUT2D eigenvalue weighted by Gasteiger charge is -2.33. The summed E-state index contributed by atoms with van der Waals surface area (Å²) in [5, 5.41) is 21.6. The normalized spacial score (nSPS) is 15.4. The van der Waals surface area contributed by atoms with Crippen molar-refractivity contribution in [3.8, 4) is 11.1 Å². The number of benzene rings is 3. The van der Waals surface area contributed by atoms with E-state index in [1.807, 2.05) is 63.5 Å². The molecule has 0 saturated carbocycles. The molecule has 3 aromatic carbocycles. The summed E-state index contributed by atoms with van der Waals surface area (Å²) in [7, 11) is 1.84. The van der Waals surface area contributed by atoms with Crippen LogP contribution in [0.1, 0.15) is 34.0 Å². The molecule has 0 radical (unpaired) electrons. The van der Waals surface area contributed by atoms with E-state index in [9.17, 15) is 13.9 Å². The van der Waals surface area contributed by atoms with Gasteiger partial charge in [0.1, 0.15) is 17.3 Å². The Balaban J connectivity index is 1.69. The summed E-state index contributed by atoms with van der Waals surface area (Å²) < 4.78 is 30.1. The van der Waals surface area contributed by atoms with E-state index in [0.717, 1.165) is 28.3 Å². The Bertz CT molecular complexity index is 1410. The smallest absolute Gasteiger partial charge is 0.174 e. The van der Waals surface area contributed by atoms with Crippen molar-refractivity contribution in [3.05, 3.63) is 106 Å². The molecule has 1 aliphatic rings. The molecule has 5 rings (SSSR count). The van der Waals surface area contributed by atoms with Crippen LogP contribution >= 0.6 is 0 Å². The van der Waals surface area contributed by atoms with E-state index in [4.69, 9.17) is 0 Å². The van der Waals surface area contributed by atoms with E-state index in [-0.39, 0.29) is 5.56 Å². The van der Waals surface area contributed by atoms with Gasteiger partial charge in [0.25, 0.3) is 0 Å². The number of halogens is 2. The second-order valence-corrected chi connectivity index (χ2v) is 8.27. The molecular formula is C26H22F2N4O. The average Bonchev–Trinajstić information content (AvgIpc) is 3.22. The fraction of sp³-hybridized carbons (Fsp3) is 0.154. The summed E-state index contributed by atoms with van der Waals surface area (Å²) in [6.07, 6.45) is 2.58. The average molecular weight is 444 g/mol. The second-order valence-electron chi connectivity index (χ2n) is 8.27. The Morgan fingerprint density at radius 1 is 0.909 bits per heavy atom. The van der Waals surface area contributed by atoms with Gasteiger partial charge in [-0.3, -0.25) is 4.68 Å². The number of hydrogen-bond acceptors (Lipinski definition) is 4. The maximum Gasteiger partial charge on any atom is 0.174 e. The Morgan fingerprint density at radius 3 is 2.42 bits per heavy atom. The van der Waals surface area contributed by atoms with Gasteiger partial charge in [-0.15, -0.1) is 0 Å². The van der Waals surface area contributed by atoms with Crippen molar-refractivity contribution in [1.29, 1.82) is 0 Å². The lowest BCUT2D eigenvalue weighted by atomic mass is 9.91. The van der Waals surface area contributed by atoms with Crippen LogP contribution in [0.15, 0.2) is 72.1 Å². The van der Waals surface area contributed by atoms with Crippen molar-refractivity contribution < 1.29 is 13.9 Å². The lowest BCUT2D eigenvalue weighted by Crippen LogP contribution is -2.32. The van der Waals surface area contributed by atoms with Crippen LogP contribution in [0.3, 0.4) is 0 Å². The van der Waals surface area contributed by atoms with Gasteiger partial charge in [0, 0.05) is 41.6 Å². The Hall–Kier alpha value is -3.84. The number of hydrazone groups is 1. The van der Waals surface area contributed by atoms with Gasteiger partial charge >= 0.3 is 0 Å². The van der Waals surface area contributed by atoms with Gasteiger partial charge in [-0.1, -0.05) is 18.2 Å². The fourth-order valence-electron chi connectivity index (χ4n) is 4.08. The molecule has 1 aromatic heterocycles. The predicted octanol–water partition coefficient (Wildman–Crippen LogP) is 5.25. The number of fused-ring (bicyclic) bond motifs is 1. The molecule has 0 amide bonds. The molecule has 0 bridgehead atoms. The molecule has 0 fully saturated rings. The lowest BCUT2D eigenvalue weighted by molar-refractivity contribution is 0.170. The van der Waals surface area contributed by atoms with Crippen molar-refractivity contribution >= 4 is 11.4 Å². The van der Waals surface area contributed by atoms with Crippen LogP contribution < -0.4 is 5.01 Å². The van der Waals surface area contributed by atoms with Crippen LogP contribution in [0.5, 0.6) is 0 Å². The Kier molecular flexibility index (Phi) is 5.06. The van der Waals surface area contributed by atoms with Crippen molar-refractivity contribution in [2.45, 2.75) is 20.1 Å². The summed E-state index contributed by atoms with van der Waals surface area (Å²) in [6.45, 7) is 3.91. The van der Waals surface area contributed by atoms with Gasteiger partial charge in [-0.05, 0) is 60.9 Å². The van der Waals surface area contributed by atoms with E-state index < -0.39 is 17.9 Å². The third-order valence-corrected chi connectivity index (χ3v) is 5.97. The molecule has 166 valence electrons. The molecule has 1 aliphatic heterocycles. The van der Waals surface area contributed by atoms with Gasteiger partial charge < -0.3 is 5.11 Å². The SMILES string of the molecule is Cc1cc2c(cc1C)C(O)N(c1cccc(-c3cnn(C)c3)c1)N=C2c1ccc(F)cc1F. The topological polar surface area (TPSA) is 53.6 Å². The molecule has 0 saturated heterocycles. The number of aromatic nitrogens is 2.